The zero-order valence-electron chi connectivity index (χ0n) is 17.5. The van der Waals surface area contributed by atoms with Gasteiger partial charge >= 0.3 is 0 Å². The largest absolute Gasteiger partial charge is 0.493 e. The Morgan fingerprint density at radius 1 is 1.13 bits per heavy atom. The van der Waals surface area contributed by atoms with Crippen molar-refractivity contribution >= 4 is 5.91 Å². The van der Waals surface area contributed by atoms with Crippen molar-refractivity contribution in [3.63, 3.8) is 0 Å². The summed E-state index contributed by atoms with van der Waals surface area (Å²) >= 11 is 0. The van der Waals surface area contributed by atoms with Crippen LogP contribution in [0.3, 0.4) is 0 Å². The molecule has 0 aliphatic carbocycles. The SMILES string of the molecule is COc1cc2c(cc1OC)C1(CCN(C(=O)c3n[nH]c4c3COCC4)CC1)OCC2. The molecule has 0 radical (unpaired) electrons. The highest BCUT2D eigenvalue weighted by Gasteiger charge is 2.43. The molecule has 1 fully saturated rings. The van der Waals surface area contributed by atoms with Gasteiger partial charge in [-0.2, -0.15) is 5.10 Å². The Bertz CT molecular complexity index is 962. The van der Waals surface area contributed by atoms with E-state index in [1.54, 1.807) is 14.2 Å². The highest BCUT2D eigenvalue weighted by Crippen LogP contribution is 2.45. The molecule has 5 rings (SSSR count). The third kappa shape index (κ3) is 3.06. The molecule has 1 aromatic heterocycles. The van der Waals surface area contributed by atoms with Gasteiger partial charge in [-0.25, -0.2) is 0 Å². The summed E-state index contributed by atoms with van der Waals surface area (Å²) in [4.78, 5) is 15.0. The molecule has 0 saturated carbocycles. The Balaban J connectivity index is 1.37. The van der Waals surface area contributed by atoms with Crippen LogP contribution in [-0.4, -0.2) is 61.5 Å². The Labute approximate surface area is 175 Å². The number of carbonyl (C=O) groups excluding carboxylic acids is 1. The van der Waals surface area contributed by atoms with E-state index >= 15 is 0 Å². The number of ether oxygens (including phenoxy) is 4. The number of H-pyrrole nitrogens is 1. The van der Waals surface area contributed by atoms with Gasteiger partial charge < -0.3 is 23.8 Å². The number of nitrogens with zero attached hydrogens (tertiary/aromatic N) is 2. The predicted octanol–water partition coefficient (Wildman–Crippen LogP) is 2.20. The quantitative estimate of drug-likeness (QED) is 0.830. The van der Waals surface area contributed by atoms with E-state index in [1.165, 1.54) is 5.56 Å². The summed E-state index contributed by atoms with van der Waals surface area (Å²) in [6.45, 7) is 3.02. The van der Waals surface area contributed by atoms with Crippen LogP contribution in [0.25, 0.3) is 0 Å². The van der Waals surface area contributed by atoms with Crippen molar-refractivity contribution in [2.45, 2.75) is 37.9 Å². The Hall–Kier alpha value is -2.58. The molecule has 0 atom stereocenters. The highest BCUT2D eigenvalue weighted by atomic mass is 16.5. The number of fused-ring (bicyclic) bond motifs is 3. The van der Waals surface area contributed by atoms with Crippen molar-refractivity contribution in [2.24, 2.45) is 0 Å². The fourth-order valence-electron chi connectivity index (χ4n) is 4.91. The van der Waals surface area contributed by atoms with Gasteiger partial charge in [0, 0.05) is 30.8 Å². The van der Waals surface area contributed by atoms with Gasteiger partial charge in [-0.15, -0.1) is 0 Å². The lowest BCUT2D eigenvalue weighted by atomic mass is 9.79. The zero-order valence-corrected chi connectivity index (χ0v) is 17.5. The maximum Gasteiger partial charge on any atom is 0.274 e. The Kier molecular flexibility index (Phi) is 4.91. The van der Waals surface area contributed by atoms with Crippen molar-refractivity contribution in [1.82, 2.24) is 15.1 Å². The Morgan fingerprint density at radius 2 is 1.90 bits per heavy atom. The maximum absolute atomic E-state index is 13.1. The fourth-order valence-corrected chi connectivity index (χ4v) is 4.91. The number of aromatic nitrogens is 2. The van der Waals surface area contributed by atoms with Gasteiger partial charge in [0.2, 0.25) is 0 Å². The van der Waals surface area contributed by atoms with E-state index in [2.05, 4.69) is 16.3 Å². The second-order valence-corrected chi connectivity index (χ2v) is 8.08. The molecule has 4 heterocycles. The lowest BCUT2D eigenvalue weighted by Crippen LogP contribution is -2.48. The molecule has 1 aromatic carbocycles. The molecule has 0 unspecified atom stereocenters. The standard InChI is InChI=1S/C22H27N3O5/c1-27-18-11-14-3-10-30-22(16(14)12-19(18)28-2)5-7-25(8-6-22)21(26)20-15-13-29-9-4-17(15)23-24-20/h11-12H,3-10,13H2,1-2H3,(H,23,24). The monoisotopic (exact) mass is 413 g/mol. The summed E-state index contributed by atoms with van der Waals surface area (Å²) in [6.07, 6.45) is 3.10. The molecule has 3 aliphatic rings. The summed E-state index contributed by atoms with van der Waals surface area (Å²) in [5.41, 5.74) is 4.42. The molecule has 8 nitrogen and oxygen atoms in total. The molecule has 160 valence electrons. The van der Waals surface area contributed by atoms with Crippen molar-refractivity contribution in [1.29, 1.82) is 0 Å². The molecular weight excluding hydrogens is 386 g/mol. The number of benzene rings is 1. The van der Waals surface area contributed by atoms with Crippen LogP contribution in [-0.2, 0) is 34.5 Å². The van der Waals surface area contributed by atoms with E-state index < -0.39 is 5.60 Å². The average Bonchev–Trinajstić information content (AvgIpc) is 3.23. The van der Waals surface area contributed by atoms with E-state index in [4.69, 9.17) is 18.9 Å². The number of hydrogen-bond donors (Lipinski definition) is 1. The number of amides is 1. The summed E-state index contributed by atoms with van der Waals surface area (Å²) in [5, 5.41) is 7.31. The second kappa shape index (κ2) is 7.59. The van der Waals surface area contributed by atoms with Crippen LogP contribution in [0.4, 0.5) is 0 Å². The number of rotatable bonds is 3. The van der Waals surface area contributed by atoms with Gasteiger partial charge in [0.1, 0.15) is 0 Å². The molecule has 8 heteroatoms. The van der Waals surface area contributed by atoms with E-state index in [0.717, 1.165) is 48.3 Å². The lowest BCUT2D eigenvalue weighted by molar-refractivity contribution is -0.0937. The third-order valence-corrected chi connectivity index (χ3v) is 6.61. The molecular formula is C22H27N3O5. The van der Waals surface area contributed by atoms with E-state index in [0.29, 0.717) is 44.4 Å². The number of methoxy groups -OCH3 is 2. The Morgan fingerprint density at radius 3 is 2.67 bits per heavy atom. The number of piperidine rings is 1. The minimum absolute atomic E-state index is 0.0313. The highest BCUT2D eigenvalue weighted by molar-refractivity contribution is 5.94. The average molecular weight is 413 g/mol. The lowest BCUT2D eigenvalue weighted by Gasteiger charge is -2.45. The van der Waals surface area contributed by atoms with Gasteiger partial charge in [-0.05, 0) is 42.5 Å². The van der Waals surface area contributed by atoms with Crippen molar-refractivity contribution in [2.75, 3.05) is 40.5 Å². The van der Waals surface area contributed by atoms with Crippen LogP contribution < -0.4 is 9.47 Å². The summed E-state index contributed by atoms with van der Waals surface area (Å²) in [7, 11) is 3.30. The third-order valence-electron chi connectivity index (χ3n) is 6.61. The van der Waals surface area contributed by atoms with E-state index in [1.807, 2.05) is 11.0 Å². The minimum Gasteiger partial charge on any atom is -0.493 e. The number of hydrogen-bond acceptors (Lipinski definition) is 6. The molecule has 3 aliphatic heterocycles. The summed E-state index contributed by atoms with van der Waals surface area (Å²) < 4.78 is 22.9. The van der Waals surface area contributed by atoms with Crippen LogP contribution in [0, 0.1) is 0 Å². The topological polar surface area (TPSA) is 85.9 Å². The van der Waals surface area contributed by atoms with Crippen LogP contribution >= 0.6 is 0 Å². The second-order valence-electron chi connectivity index (χ2n) is 8.08. The normalized spacial score (nSPS) is 19.9. The number of aromatic amines is 1. The first kappa shape index (κ1) is 19.4. The molecule has 1 N–H and O–H groups in total. The predicted molar refractivity (Wildman–Crippen MR) is 108 cm³/mol. The maximum atomic E-state index is 13.1. The minimum atomic E-state index is -0.391. The van der Waals surface area contributed by atoms with E-state index in [-0.39, 0.29) is 5.91 Å². The van der Waals surface area contributed by atoms with Crippen LogP contribution in [0.15, 0.2) is 12.1 Å². The van der Waals surface area contributed by atoms with Gasteiger partial charge in [-0.1, -0.05) is 0 Å². The molecule has 1 spiro atoms. The smallest absolute Gasteiger partial charge is 0.274 e. The first-order valence-electron chi connectivity index (χ1n) is 10.5. The van der Waals surface area contributed by atoms with Gasteiger partial charge in [0.25, 0.3) is 5.91 Å². The first-order chi connectivity index (χ1) is 14.6. The van der Waals surface area contributed by atoms with Crippen molar-refractivity contribution in [3.05, 3.63) is 40.2 Å². The fraction of sp³-hybridized carbons (Fsp3) is 0.545. The summed E-state index contributed by atoms with van der Waals surface area (Å²) in [6, 6.07) is 4.11. The number of likely N-dealkylation sites (tertiary alicyclic amines) is 1. The molecule has 1 amide bonds. The van der Waals surface area contributed by atoms with Crippen LogP contribution in [0.2, 0.25) is 0 Å². The number of carbonyl (C=O) groups is 1. The zero-order chi connectivity index (χ0) is 20.7. The van der Waals surface area contributed by atoms with Crippen LogP contribution in [0.1, 0.15) is 45.7 Å². The molecule has 0 bridgehead atoms. The van der Waals surface area contributed by atoms with Crippen molar-refractivity contribution in [3.8, 4) is 11.5 Å². The van der Waals surface area contributed by atoms with Gasteiger partial charge in [-0.3, -0.25) is 9.89 Å². The molecule has 2 aromatic rings. The van der Waals surface area contributed by atoms with E-state index in [9.17, 15) is 4.79 Å². The van der Waals surface area contributed by atoms with Crippen LogP contribution in [0.5, 0.6) is 11.5 Å². The van der Waals surface area contributed by atoms with Crippen molar-refractivity contribution < 1.29 is 23.7 Å². The molecule has 30 heavy (non-hydrogen) atoms. The first-order valence-corrected chi connectivity index (χ1v) is 10.5. The summed E-state index contributed by atoms with van der Waals surface area (Å²) in [5.74, 6) is 1.42. The van der Waals surface area contributed by atoms with Gasteiger partial charge in [0.05, 0.1) is 39.6 Å². The number of nitrogens with one attached hydrogen (secondary N) is 1. The molecule has 1 saturated heterocycles. The van der Waals surface area contributed by atoms with Gasteiger partial charge in [0.15, 0.2) is 17.2 Å².